The third kappa shape index (κ3) is 5.08. The van der Waals surface area contributed by atoms with Crippen LogP contribution in [0.1, 0.15) is 0 Å². The van der Waals surface area contributed by atoms with Crippen molar-refractivity contribution in [2.45, 2.75) is 4.90 Å². The second kappa shape index (κ2) is 6.78. The molecule has 0 aromatic carbocycles. The van der Waals surface area contributed by atoms with Gasteiger partial charge in [-0.25, -0.2) is 17.9 Å². The van der Waals surface area contributed by atoms with E-state index in [1.54, 1.807) is 0 Å². The van der Waals surface area contributed by atoms with E-state index in [0.717, 1.165) is 0 Å². The summed E-state index contributed by atoms with van der Waals surface area (Å²) >= 11 is 3.12. The van der Waals surface area contributed by atoms with Crippen molar-refractivity contribution >= 4 is 31.9 Å². The Morgan fingerprint density at radius 2 is 2.22 bits per heavy atom. The fourth-order valence-electron chi connectivity index (χ4n) is 1.03. The highest BCUT2D eigenvalue weighted by molar-refractivity contribution is 9.10. The van der Waals surface area contributed by atoms with Crippen molar-refractivity contribution in [1.29, 1.82) is 0 Å². The molecular formula is C9H11BrN2O5S. The maximum atomic E-state index is 11.7. The molecule has 1 rings (SSSR count). The molecule has 0 saturated carbocycles. The maximum Gasteiger partial charge on any atom is 0.329 e. The van der Waals surface area contributed by atoms with E-state index < -0.39 is 22.6 Å². The smallest absolute Gasteiger partial charge is 0.329 e. The molecule has 0 aliphatic heterocycles. The maximum absolute atomic E-state index is 11.7. The molecule has 0 amide bonds. The number of aliphatic carboxylic acids is 1. The second-order valence-corrected chi connectivity index (χ2v) is 5.87. The van der Waals surface area contributed by atoms with Gasteiger partial charge in [-0.2, -0.15) is 0 Å². The number of hydrogen-bond acceptors (Lipinski definition) is 5. The van der Waals surface area contributed by atoms with E-state index in [-0.39, 0.29) is 18.0 Å². The number of hydrogen-bond donors (Lipinski definition) is 2. The van der Waals surface area contributed by atoms with E-state index in [4.69, 9.17) is 9.84 Å². The number of carbonyl (C=O) groups is 1. The topological polar surface area (TPSA) is 106 Å². The van der Waals surface area contributed by atoms with E-state index in [1.165, 1.54) is 18.5 Å². The second-order valence-electron chi connectivity index (χ2n) is 3.18. The monoisotopic (exact) mass is 338 g/mol. The number of carboxylic acids is 1. The number of sulfonamides is 1. The average Bonchev–Trinajstić information content (AvgIpc) is 2.28. The van der Waals surface area contributed by atoms with Gasteiger partial charge in [0.2, 0.25) is 10.0 Å². The lowest BCUT2D eigenvalue weighted by atomic mass is 10.5. The van der Waals surface area contributed by atoms with Crippen LogP contribution in [-0.2, 0) is 19.6 Å². The third-order valence-corrected chi connectivity index (χ3v) is 3.62. The van der Waals surface area contributed by atoms with Crippen molar-refractivity contribution in [3.8, 4) is 0 Å². The highest BCUT2D eigenvalue weighted by Gasteiger charge is 2.13. The molecule has 1 aromatic heterocycles. The lowest BCUT2D eigenvalue weighted by molar-refractivity contribution is -0.142. The highest BCUT2D eigenvalue weighted by Crippen LogP contribution is 2.13. The zero-order chi connectivity index (χ0) is 13.6. The number of pyridine rings is 1. The zero-order valence-electron chi connectivity index (χ0n) is 9.17. The summed E-state index contributed by atoms with van der Waals surface area (Å²) in [4.78, 5) is 13.9. The van der Waals surface area contributed by atoms with E-state index in [1.807, 2.05) is 0 Å². The Balaban J connectivity index is 2.48. The van der Waals surface area contributed by atoms with Crippen molar-refractivity contribution in [3.05, 3.63) is 22.9 Å². The fraction of sp³-hybridized carbons (Fsp3) is 0.333. The van der Waals surface area contributed by atoms with Gasteiger partial charge >= 0.3 is 5.97 Å². The summed E-state index contributed by atoms with van der Waals surface area (Å²) in [5.74, 6) is -1.10. The molecule has 0 spiro atoms. The van der Waals surface area contributed by atoms with Crippen LogP contribution in [0.4, 0.5) is 0 Å². The first-order valence-electron chi connectivity index (χ1n) is 4.81. The summed E-state index contributed by atoms with van der Waals surface area (Å²) in [6, 6.07) is 1.41. The van der Waals surface area contributed by atoms with Crippen LogP contribution in [0.5, 0.6) is 0 Å². The van der Waals surface area contributed by atoms with Gasteiger partial charge in [-0.05, 0) is 22.0 Å². The van der Waals surface area contributed by atoms with Gasteiger partial charge in [-0.1, -0.05) is 0 Å². The minimum absolute atomic E-state index is 0.0118. The summed E-state index contributed by atoms with van der Waals surface area (Å²) < 4.78 is 31.0. The SMILES string of the molecule is O=C(O)COCCNS(=O)(=O)c1cncc(Br)c1. The van der Waals surface area contributed by atoms with E-state index in [0.29, 0.717) is 4.47 Å². The minimum atomic E-state index is -3.65. The summed E-state index contributed by atoms with van der Waals surface area (Å²) in [6.45, 7) is -0.491. The molecule has 1 heterocycles. The molecule has 0 saturated heterocycles. The summed E-state index contributed by atoms with van der Waals surface area (Å²) in [5, 5.41) is 8.30. The number of nitrogens with zero attached hydrogens (tertiary/aromatic N) is 1. The van der Waals surface area contributed by atoms with Gasteiger partial charge in [-0.15, -0.1) is 0 Å². The molecule has 0 aliphatic rings. The molecule has 7 nitrogen and oxygen atoms in total. The standard InChI is InChI=1S/C9H11BrN2O5S/c10-7-3-8(5-11-4-7)18(15,16)12-1-2-17-6-9(13)14/h3-5,12H,1-2,6H2,(H,13,14). The molecule has 0 fully saturated rings. The molecular weight excluding hydrogens is 328 g/mol. The number of aromatic nitrogens is 1. The summed E-state index contributed by atoms with van der Waals surface area (Å²) in [7, 11) is -3.65. The predicted molar refractivity (Wildman–Crippen MR) is 65.6 cm³/mol. The molecule has 0 radical (unpaired) electrons. The normalized spacial score (nSPS) is 11.4. The first-order valence-corrected chi connectivity index (χ1v) is 7.09. The van der Waals surface area contributed by atoms with Gasteiger partial charge in [0.1, 0.15) is 11.5 Å². The molecule has 0 atom stereocenters. The van der Waals surface area contributed by atoms with Crippen molar-refractivity contribution in [1.82, 2.24) is 9.71 Å². The lowest BCUT2D eigenvalue weighted by Crippen LogP contribution is -2.28. The first-order chi connectivity index (χ1) is 8.42. The minimum Gasteiger partial charge on any atom is -0.480 e. The zero-order valence-corrected chi connectivity index (χ0v) is 11.6. The van der Waals surface area contributed by atoms with Gasteiger partial charge in [-0.3, -0.25) is 4.98 Å². The highest BCUT2D eigenvalue weighted by atomic mass is 79.9. The van der Waals surface area contributed by atoms with E-state index >= 15 is 0 Å². The Kier molecular flexibility index (Phi) is 5.66. The van der Waals surface area contributed by atoms with Crippen LogP contribution in [0.2, 0.25) is 0 Å². The molecule has 0 bridgehead atoms. The van der Waals surface area contributed by atoms with E-state index in [9.17, 15) is 13.2 Å². The fourth-order valence-corrected chi connectivity index (χ4v) is 2.55. The Bertz CT molecular complexity index is 519. The van der Waals surface area contributed by atoms with Crippen LogP contribution in [0.25, 0.3) is 0 Å². The van der Waals surface area contributed by atoms with Crippen LogP contribution < -0.4 is 4.72 Å². The van der Waals surface area contributed by atoms with Crippen molar-refractivity contribution in [3.63, 3.8) is 0 Å². The van der Waals surface area contributed by atoms with Gasteiger partial charge in [0.15, 0.2) is 0 Å². The van der Waals surface area contributed by atoms with Gasteiger partial charge in [0.25, 0.3) is 0 Å². The van der Waals surface area contributed by atoms with Gasteiger partial charge in [0, 0.05) is 23.4 Å². The number of ether oxygens (including phenoxy) is 1. The lowest BCUT2D eigenvalue weighted by Gasteiger charge is -2.06. The summed E-state index contributed by atoms with van der Waals surface area (Å²) in [5.41, 5.74) is 0. The third-order valence-electron chi connectivity index (χ3n) is 1.75. The van der Waals surface area contributed by atoms with Crippen LogP contribution >= 0.6 is 15.9 Å². The first kappa shape index (κ1) is 15.0. The molecule has 9 heteroatoms. The van der Waals surface area contributed by atoms with Crippen LogP contribution in [0.15, 0.2) is 27.8 Å². The molecule has 2 N–H and O–H groups in total. The van der Waals surface area contributed by atoms with Crippen molar-refractivity contribution in [2.75, 3.05) is 19.8 Å². The van der Waals surface area contributed by atoms with Crippen molar-refractivity contribution in [2.24, 2.45) is 0 Å². The number of halogens is 1. The molecule has 1 aromatic rings. The van der Waals surface area contributed by atoms with E-state index in [2.05, 4.69) is 25.6 Å². The van der Waals surface area contributed by atoms with Gasteiger partial charge in [0.05, 0.1) is 6.61 Å². The Morgan fingerprint density at radius 1 is 1.50 bits per heavy atom. The van der Waals surface area contributed by atoms with Crippen LogP contribution in [0.3, 0.4) is 0 Å². The number of rotatable bonds is 7. The van der Waals surface area contributed by atoms with Crippen LogP contribution in [-0.4, -0.2) is 44.2 Å². The molecule has 0 unspecified atom stereocenters. The largest absolute Gasteiger partial charge is 0.480 e. The van der Waals surface area contributed by atoms with Crippen LogP contribution in [0, 0.1) is 0 Å². The Labute approximate surface area is 112 Å². The Hall–Kier alpha value is -1.03. The summed E-state index contributed by atoms with van der Waals surface area (Å²) in [6.07, 6.45) is 2.68. The Morgan fingerprint density at radius 3 is 2.83 bits per heavy atom. The average molecular weight is 339 g/mol. The number of nitrogens with one attached hydrogen (secondary N) is 1. The quantitative estimate of drug-likeness (QED) is 0.689. The molecule has 18 heavy (non-hydrogen) atoms. The molecule has 0 aliphatic carbocycles. The molecule has 100 valence electrons. The van der Waals surface area contributed by atoms with Gasteiger partial charge < -0.3 is 9.84 Å². The van der Waals surface area contributed by atoms with Crippen molar-refractivity contribution < 1.29 is 23.1 Å². The predicted octanol–water partition coefficient (Wildman–Crippen LogP) is 0.224. The number of carboxylic acid groups (broad SMARTS) is 1.